The summed E-state index contributed by atoms with van der Waals surface area (Å²) in [5.41, 5.74) is 0. The van der Waals surface area contributed by atoms with E-state index in [9.17, 15) is 14.4 Å². The van der Waals surface area contributed by atoms with Crippen LogP contribution in [0.5, 0.6) is 0 Å². The lowest BCUT2D eigenvalue weighted by atomic mass is 10.2. The lowest BCUT2D eigenvalue weighted by Gasteiger charge is -2.12. The maximum atomic E-state index is 11.3. The Morgan fingerprint density at radius 1 is 1.29 bits per heavy atom. The van der Waals surface area contributed by atoms with Crippen molar-refractivity contribution in [1.29, 1.82) is 0 Å². The lowest BCUT2D eigenvalue weighted by Crippen LogP contribution is -2.44. The number of nitrogens with one attached hydrogen (secondary N) is 2. The summed E-state index contributed by atoms with van der Waals surface area (Å²) in [6, 6.07) is -0.552. The Kier molecular flexibility index (Phi) is 8.21. The average molecular weight is 262 g/mol. The fraction of sp³-hybridized carbons (Fsp3) is 0.700. The average Bonchev–Trinajstić information content (AvgIpc) is 2.16. The zero-order valence-electron chi connectivity index (χ0n) is 9.99. The third-order valence-corrected chi connectivity index (χ3v) is 2.67. The van der Waals surface area contributed by atoms with E-state index in [0.717, 1.165) is 5.75 Å². The van der Waals surface area contributed by atoms with E-state index < -0.39 is 17.9 Å². The van der Waals surface area contributed by atoms with E-state index in [-0.39, 0.29) is 25.3 Å². The van der Waals surface area contributed by atoms with Crippen LogP contribution >= 0.6 is 11.8 Å². The molecule has 0 saturated heterocycles. The summed E-state index contributed by atoms with van der Waals surface area (Å²) in [5.74, 6) is -0.642. The van der Waals surface area contributed by atoms with Crippen LogP contribution in [0, 0.1) is 0 Å². The Bertz CT molecular complexity index is 283. The molecule has 1 atom stereocenters. The van der Waals surface area contributed by atoms with Crippen molar-refractivity contribution in [2.24, 2.45) is 0 Å². The number of amides is 3. The van der Waals surface area contributed by atoms with Crippen LogP contribution in [0.25, 0.3) is 0 Å². The number of urea groups is 1. The molecule has 0 heterocycles. The molecule has 0 aromatic heterocycles. The molecule has 6 nitrogen and oxygen atoms in total. The zero-order chi connectivity index (χ0) is 13.3. The molecule has 0 rings (SSSR count). The van der Waals surface area contributed by atoms with E-state index >= 15 is 0 Å². The number of imide groups is 1. The van der Waals surface area contributed by atoms with Crippen molar-refractivity contribution in [3.8, 4) is 0 Å². The predicted octanol–water partition coefficient (Wildman–Crippen LogP) is 0.819. The summed E-state index contributed by atoms with van der Waals surface area (Å²) in [4.78, 5) is 32.7. The molecule has 0 spiro atoms. The molecule has 0 aromatic rings. The van der Waals surface area contributed by atoms with Gasteiger partial charge >= 0.3 is 12.0 Å². The molecule has 98 valence electrons. The third-order valence-electron chi connectivity index (χ3n) is 1.84. The normalized spacial score (nSPS) is 11.6. The van der Waals surface area contributed by atoms with Crippen LogP contribution in [-0.4, -0.2) is 41.1 Å². The van der Waals surface area contributed by atoms with E-state index in [4.69, 9.17) is 5.11 Å². The molecule has 0 aromatic carbocycles. The number of rotatable bonds is 7. The van der Waals surface area contributed by atoms with Gasteiger partial charge < -0.3 is 10.4 Å². The van der Waals surface area contributed by atoms with Gasteiger partial charge in [0.2, 0.25) is 5.91 Å². The van der Waals surface area contributed by atoms with Crippen LogP contribution < -0.4 is 10.6 Å². The molecular weight excluding hydrogens is 244 g/mol. The highest BCUT2D eigenvalue weighted by Gasteiger charge is 2.10. The first kappa shape index (κ1) is 15.8. The summed E-state index contributed by atoms with van der Waals surface area (Å²) < 4.78 is 0. The van der Waals surface area contributed by atoms with Gasteiger partial charge in [-0.15, -0.1) is 0 Å². The summed E-state index contributed by atoms with van der Waals surface area (Å²) >= 11 is 1.59. The summed E-state index contributed by atoms with van der Waals surface area (Å²) in [5, 5.41) is 13.1. The molecule has 0 aliphatic rings. The van der Waals surface area contributed by atoms with Gasteiger partial charge in [0, 0.05) is 24.6 Å². The van der Waals surface area contributed by atoms with E-state index in [0.29, 0.717) is 0 Å². The predicted molar refractivity (Wildman–Crippen MR) is 66.0 cm³/mol. The number of hydrogen-bond donors (Lipinski definition) is 3. The van der Waals surface area contributed by atoms with Crippen molar-refractivity contribution in [2.45, 2.75) is 32.2 Å². The van der Waals surface area contributed by atoms with Gasteiger partial charge in [-0.1, -0.05) is 0 Å². The maximum absolute atomic E-state index is 11.3. The van der Waals surface area contributed by atoms with Crippen LogP contribution in [0.1, 0.15) is 26.2 Å². The van der Waals surface area contributed by atoms with Crippen LogP contribution in [-0.2, 0) is 9.59 Å². The molecule has 0 bridgehead atoms. The van der Waals surface area contributed by atoms with Gasteiger partial charge in [0.1, 0.15) is 0 Å². The molecule has 17 heavy (non-hydrogen) atoms. The monoisotopic (exact) mass is 262 g/mol. The highest BCUT2D eigenvalue weighted by atomic mass is 32.2. The second-order valence-electron chi connectivity index (χ2n) is 3.63. The minimum Gasteiger partial charge on any atom is -0.481 e. The minimum absolute atomic E-state index is 0.0168. The Morgan fingerprint density at radius 3 is 2.47 bits per heavy atom. The topological polar surface area (TPSA) is 95.5 Å². The largest absolute Gasteiger partial charge is 0.481 e. The second-order valence-corrected chi connectivity index (χ2v) is 4.54. The SMILES string of the molecule is CSCC(C)NC(=O)NC(=O)CCCC(=O)O. The van der Waals surface area contributed by atoms with Gasteiger partial charge in [-0.2, -0.15) is 11.8 Å². The van der Waals surface area contributed by atoms with Crippen molar-refractivity contribution in [3.63, 3.8) is 0 Å². The lowest BCUT2D eigenvalue weighted by molar-refractivity contribution is -0.137. The first-order valence-corrected chi connectivity index (χ1v) is 6.66. The van der Waals surface area contributed by atoms with Crippen LogP contribution in [0.2, 0.25) is 0 Å². The number of hydrogen-bond acceptors (Lipinski definition) is 4. The van der Waals surface area contributed by atoms with Crippen molar-refractivity contribution < 1.29 is 19.5 Å². The fourth-order valence-electron chi connectivity index (χ4n) is 1.14. The Morgan fingerprint density at radius 2 is 1.94 bits per heavy atom. The Balaban J connectivity index is 3.72. The molecule has 3 N–H and O–H groups in total. The Labute approximate surface area is 105 Å². The quantitative estimate of drug-likeness (QED) is 0.631. The van der Waals surface area contributed by atoms with E-state index in [2.05, 4.69) is 10.6 Å². The third kappa shape index (κ3) is 9.68. The molecule has 0 saturated carbocycles. The maximum Gasteiger partial charge on any atom is 0.321 e. The van der Waals surface area contributed by atoms with E-state index in [1.54, 1.807) is 11.8 Å². The first-order chi connectivity index (χ1) is 7.95. The number of thioether (sulfide) groups is 1. The smallest absolute Gasteiger partial charge is 0.321 e. The number of carbonyl (C=O) groups is 3. The molecular formula is C10H18N2O4S. The highest BCUT2D eigenvalue weighted by Crippen LogP contribution is 1.97. The number of aliphatic carboxylic acids is 1. The molecule has 7 heteroatoms. The van der Waals surface area contributed by atoms with Crippen molar-refractivity contribution in [3.05, 3.63) is 0 Å². The Hall–Kier alpha value is -1.24. The van der Waals surface area contributed by atoms with Gasteiger partial charge in [-0.25, -0.2) is 4.79 Å². The van der Waals surface area contributed by atoms with Crippen molar-refractivity contribution >= 4 is 29.7 Å². The van der Waals surface area contributed by atoms with E-state index in [1.807, 2.05) is 13.2 Å². The van der Waals surface area contributed by atoms with Gasteiger partial charge in [0.05, 0.1) is 0 Å². The molecule has 1 unspecified atom stereocenters. The summed E-state index contributed by atoms with van der Waals surface area (Å²) in [6.07, 6.45) is 2.12. The number of carboxylic acids is 1. The van der Waals surface area contributed by atoms with Crippen LogP contribution in [0.15, 0.2) is 0 Å². The molecule has 3 amide bonds. The van der Waals surface area contributed by atoms with Gasteiger partial charge in [0.25, 0.3) is 0 Å². The minimum atomic E-state index is -0.948. The number of carboxylic acid groups (broad SMARTS) is 1. The van der Waals surface area contributed by atoms with Crippen LogP contribution in [0.4, 0.5) is 4.79 Å². The van der Waals surface area contributed by atoms with Crippen molar-refractivity contribution in [2.75, 3.05) is 12.0 Å². The van der Waals surface area contributed by atoms with E-state index in [1.165, 1.54) is 0 Å². The zero-order valence-corrected chi connectivity index (χ0v) is 10.8. The van der Waals surface area contributed by atoms with Gasteiger partial charge in [-0.3, -0.25) is 14.9 Å². The highest BCUT2D eigenvalue weighted by molar-refractivity contribution is 7.98. The number of carbonyl (C=O) groups excluding carboxylic acids is 2. The second kappa shape index (κ2) is 8.86. The summed E-state index contributed by atoms with van der Waals surface area (Å²) in [7, 11) is 0. The molecule has 0 aliphatic carbocycles. The van der Waals surface area contributed by atoms with Crippen LogP contribution in [0.3, 0.4) is 0 Å². The molecule has 0 fully saturated rings. The standard InChI is InChI=1S/C10H18N2O4S/c1-7(6-17-2)11-10(16)12-8(13)4-3-5-9(14)15/h7H,3-6H2,1-2H3,(H,14,15)(H2,11,12,13,16). The van der Waals surface area contributed by atoms with Gasteiger partial charge in [-0.05, 0) is 19.6 Å². The molecule has 0 aliphatic heterocycles. The van der Waals surface area contributed by atoms with Crippen molar-refractivity contribution in [1.82, 2.24) is 10.6 Å². The molecule has 0 radical (unpaired) electrons. The fourth-order valence-corrected chi connectivity index (χ4v) is 1.72. The first-order valence-electron chi connectivity index (χ1n) is 5.26. The summed E-state index contributed by atoms with van der Waals surface area (Å²) in [6.45, 7) is 1.84. The van der Waals surface area contributed by atoms with Gasteiger partial charge in [0.15, 0.2) is 0 Å².